The van der Waals surface area contributed by atoms with Crippen molar-refractivity contribution in [3.05, 3.63) is 16.1 Å². The Morgan fingerprint density at radius 1 is 1.69 bits per heavy atom. The molecule has 0 spiro atoms. The first-order chi connectivity index (χ1) is 7.54. The van der Waals surface area contributed by atoms with Gasteiger partial charge in [-0.05, 0) is 6.92 Å². The van der Waals surface area contributed by atoms with E-state index in [0.29, 0.717) is 5.01 Å². The van der Waals surface area contributed by atoms with Crippen LogP contribution in [0.15, 0.2) is 5.38 Å². The number of nitrogens with zero attached hydrogens (tertiary/aromatic N) is 1. The van der Waals surface area contributed by atoms with Gasteiger partial charge in [-0.1, -0.05) is 0 Å². The predicted molar refractivity (Wildman–Crippen MR) is 57.5 cm³/mol. The van der Waals surface area contributed by atoms with Crippen molar-refractivity contribution < 1.29 is 19.4 Å². The molecule has 1 rings (SSSR count). The van der Waals surface area contributed by atoms with Crippen molar-refractivity contribution in [2.75, 3.05) is 13.7 Å². The third kappa shape index (κ3) is 3.28. The van der Waals surface area contributed by atoms with Crippen molar-refractivity contribution in [1.82, 2.24) is 10.3 Å². The number of aromatic carboxylic acids is 1. The van der Waals surface area contributed by atoms with Crippen molar-refractivity contribution in [2.24, 2.45) is 0 Å². The molecule has 0 radical (unpaired) electrons. The van der Waals surface area contributed by atoms with Gasteiger partial charge in [-0.2, -0.15) is 0 Å². The molecule has 88 valence electrons. The first-order valence-corrected chi connectivity index (χ1v) is 5.39. The number of carboxylic acid groups (broad SMARTS) is 1. The van der Waals surface area contributed by atoms with Gasteiger partial charge in [0, 0.05) is 12.5 Å². The number of amides is 1. The molecule has 6 nitrogen and oxygen atoms in total. The molecule has 0 aromatic carbocycles. The zero-order valence-corrected chi connectivity index (χ0v) is 9.71. The fourth-order valence-corrected chi connectivity index (χ4v) is 1.86. The highest BCUT2D eigenvalue weighted by molar-refractivity contribution is 7.09. The number of carboxylic acids is 1. The van der Waals surface area contributed by atoms with Crippen LogP contribution >= 0.6 is 11.3 Å². The molecule has 0 saturated heterocycles. The van der Waals surface area contributed by atoms with E-state index in [1.165, 1.54) is 23.8 Å². The smallest absolute Gasteiger partial charge is 0.355 e. The molecule has 0 bridgehead atoms. The lowest BCUT2D eigenvalue weighted by Gasteiger charge is -2.10. The summed E-state index contributed by atoms with van der Waals surface area (Å²) in [6.07, 6.45) is 0. The number of carbonyl (C=O) groups excluding carboxylic acids is 1. The number of nitrogens with one attached hydrogen (secondary N) is 1. The number of methoxy groups -OCH3 is 1. The predicted octanol–water partition coefficient (Wildman–Crippen LogP) is 0.665. The largest absolute Gasteiger partial charge is 0.476 e. The number of hydrogen-bond donors (Lipinski definition) is 2. The Bertz CT molecular complexity index is 391. The third-order valence-electron chi connectivity index (χ3n) is 1.76. The maximum Gasteiger partial charge on any atom is 0.355 e. The summed E-state index contributed by atoms with van der Waals surface area (Å²) in [4.78, 5) is 25.7. The molecule has 7 heteroatoms. The van der Waals surface area contributed by atoms with Crippen LogP contribution in [0, 0.1) is 0 Å². The van der Waals surface area contributed by atoms with Gasteiger partial charge in [-0.25, -0.2) is 9.78 Å². The molecule has 0 aliphatic heterocycles. The number of thiazole rings is 1. The minimum Gasteiger partial charge on any atom is -0.476 e. The van der Waals surface area contributed by atoms with Crippen molar-refractivity contribution in [2.45, 2.75) is 13.0 Å². The number of carbonyl (C=O) groups is 2. The highest BCUT2D eigenvalue weighted by atomic mass is 32.1. The molecule has 1 unspecified atom stereocenters. The van der Waals surface area contributed by atoms with E-state index in [2.05, 4.69) is 15.0 Å². The number of ether oxygens (including phenoxy) is 1. The number of aromatic nitrogens is 1. The van der Waals surface area contributed by atoms with E-state index in [-0.39, 0.29) is 24.2 Å². The Balaban J connectivity index is 2.62. The summed E-state index contributed by atoms with van der Waals surface area (Å²) in [5.41, 5.74) is -0.00663. The van der Waals surface area contributed by atoms with Gasteiger partial charge < -0.3 is 15.2 Å². The van der Waals surface area contributed by atoms with Gasteiger partial charge in [-0.15, -0.1) is 11.3 Å². The number of rotatable bonds is 5. The van der Waals surface area contributed by atoms with Gasteiger partial charge >= 0.3 is 5.97 Å². The van der Waals surface area contributed by atoms with Crippen LogP contribution in [0.5, 0.6) is 0 Å². The summed E-state index contributed by atoms with van der Waals surface area (Å²) >= 11 is 1.20. The zero-order valence-electron chi connectivity index (χ0n) is 8.89. The molecule has 0 aliphatic rings. The highest BCUT2D eigenvalue weighted by Crippen LogP contribution is 2.17. The third-order valence-corrected chi connectivity index (χ3v) is 2.79. The van der Waals surface area contributed by atoms with Crippen molar-refractivity contribution >= 4 is 23.2 Å². The van der Waals surface area contributed by atoms with Gasteiger partial charge in [0.2, 0.25) is 5.91 Å². The molecule has 0 aliphatic carbocycles. The van der Waals surface area contributed by atoms with Crippen molar-refractivity contribution in [3.8, 4) is 0 Å². The average Bonchev–Trinajstić information content (AvgIpc) is 2.66. The lowest BCUT2D eigenvalue weighted by atomic mass is 10.3. The van der Waals surface area contributed by atoms with Gasteiger partial charge in [-0.3, -0.25) is 4.79 Å². The van der Waals surface area contributed by atoms with Crippen LogP contribution in [0.1, 0.15) is 28.5 Å². The lowest BCUT2D eigenvalue weighted by Crippen LogP contribution is -2.29. The van der Waals surface area contributed by atoms with E-state index in [9.17, 15) is 9.59 Å². The van der Waals surface area contributed by atoms with Crippen LogP contribution in [0.2, 0.25) is 0 Å². The minimum atomic E-state index is -1.07. The number of hydrogen-bond acceptors (Lipinski definition) is 5. The Hall–Kier alpha value is -1.47. The topological polar surface area (TPSA) is 88.5 Å². The van der Waals surface area contributed by atoms with E-state index >= 15 is 0 Å². The monoisotopic (exact) mass is 244 g/mol. The summed E-state index contributed by atoms with van der Waals surface area (Å²) in [6.45, 7) is 1.71. The fraction of sp³-hybridized carbons (Fsp3) is 0.444. The Morgan fingerprint density at radius 3 is 2.88 bits per heavy atom. The van der Waals surface area contributed by atoms with Crippen LogP contribution in [0.3, 0.4) is 0 Å². The van der Waals surface area contributed by atoms with Gasteiger partial charge in [0.15, 0.2) is 5.69 Å². The van der Waals surface area contributed by atoms with E-state index in [4.69, 9.17) is 5.11 Å². The second-order valence-electron chi connectivity index (χ2n) is 3.10. The molecular formula is C9H12N2O4S. The van der Waals surface area contributed by atoms with Gasteiger partial charge in [0.1, 0.15) is 11.6 Å². The van der Waals surface area contributed by atoms with Crippen LogP contribution in [-0.2, 0) is 9.53 Å². The molecule has 1 heterocycles. The molecule has 2 N–H and O–H groups in total. The molecule has 0 fully saturated rings. The first kappa shape index (κ1) is 12.6. The maximum absolute atomic E-state index is 11.2. The average molecular weight is 244 g/mol. The standard InChI is InChI=1S/C9H12N2O4S/c1-5(10-7(12)3-15-2)8-11-6(4-16-8)9(13)14/h4-5H,3H2,1-2H3,(H,10,12)(H,13,14). The molecule has 1 atom stereocenters. The van der Waals surface area contributed by atoms with Gasteiger partial charge in [0.05, 0.1) is 6.04 Å². The SMILES string of the molecule is COCC(=O)NC(C)c1nc(C(=O)O)cs1. The van der Waals surface area contributed by atoms with Crippen LogP contribution < -0.4 is 5.32 Å². The van der Waals surface area contributed by atoms with Crippen molar-refractivity contribution in [1.29, 1.82) is 0 Å². The first-order valence-electron chi connectivity index (χ1n) is 4.51. The highest BCUT2D eigenvalue weighted by Gasteiger charge is 2.15. The Labute approximate surface area is 96.3 Å². The van der Waals surface area contributed by atoms with Crippen molar-refractivity contribution in [3.63, 3.8) is 0 Å². The van der Waals surface area contributed by atoms with Crippen LogP contribution in [0.25, 0.3) is 0 Å². The lowest BCUT2D eigenvalue weighted by molar-refractivity contribution is -0.125. The fourth-order valence-electron chi connectivity index (χ4n) is 1.06. The Kier molecular flexibility index (Phi) is 4.39. The molecule has 1 amide bonds. The quantitative estimate of drug-likeness (QED) is 0.794. The molecule has 0 saturated carbocycles. The van der Waals surface area contributed by atoms with Gasteiger partial charge in [0.25, 0.3) is 0 Å². The second-order valence-corrected chi connectivity index (χ2v) is 3.99. The summed E-state index contributed by atoms with van der Waals surface area (Å²) in [7, 11) is 1.43. The van der Waals surface area contributed by atoms with Crippen LogP contribution in [0.4, 0.5) is 0 Å². The molecule has 16 heavy (non-hydrogen) atoms. The molecule has 1 aromatic rings. The summed E-state index contributed by atoms with van der Waals surface area (Å²) < 4.78 is 4.66. The van der Waals surface area contributed by atoms with E-state index in [0.717, 1.165) is 0 Å². The maximum atomic E-state index is 11.2. The van der Waals surface area contributed by atoms with E-state index in [1.807, 2.05) is 0 Å². The summed E-state index contributed by atoms with van der Waals surface area (Å²) in [6, 6.07) is -0.319. The normalized spacial score (nSPS) is 12.1. The summed E-state index contributed by atoms with van der Waals surface area (Å²) in [5, 5.41) is 13.3. The van der Waals surface area contributed by atoms with Crippen LogP contribution in [-0.4, -0.2) is 35.7 Å². The Morgan fingerprint density at radius 2 is 2.38 bits per heavy atom. The van der Waals surface area contributed by atoms with E-state index in [1.54, 1.807) is 6.92 Å². The molecule has 1 aromatic heterocycles. The summed E-state index contributed by atoms with van der Waals surface area (Å²) in [5.74, 6) is -1.33. The molecular weight excluding hydrogens is 232 g/mol. The minimum absolute atomic E-state index is 0.00663. The zero-order chi connectivity index (χ0) is 12.1. The second kappa shape index (κ2) is 5.57. The van der Waals surface area contributed by atoms with E-state index < -0.39 is 5.97 Å².